The highest BCUT2D eigenvalue weighted by molar-refractivity contribution is 6.32. The van der Waals surface area contributed by atoms with Gasteiger partial charge in [-0.25, -0.2) is 4.79 Å². The Balaban J connectivity index is 1.98. The van der Waals surface area contributed by atoms with Crippen LogP contribution in [0, 0.1) is 6.92 Å². The third-order valence-corrected chi connectivity index (χ3v) is 3.07. The standard InChI is InChI=1S/C12H15ClN4O2/c1-3-17-11(13)10(9(2)15-17)12(18)19-8-7-16-6-4-5-14-16/h4-6H,3,7-8H2,1-2H3. The lowest BCUT2D eigenvalue weighted by Crippen LogP contribution is -2.12. The van der Waals surface area contributed by atoms with Gasteiger partial charge in [-0.3, -0.25) is 9.36 Å². The molecule has 2 heterocycles. The molecule has 0 radical (unpaired) electrons. The van der Waals surface area contributed by atoms with Gasteiger partial charge in [0.05, 0.1) is 12.2 Å². The molecule has 102 valence electrons. The van der Waals surface area contributed by atoms with Gasteiger partial charge < -0.3 is 4.74 Å². The lowest BCUT2D eigenvalue weighted by molar-refractivity contribution is 0.0487. The highest BCUT2D eigenvalue weighted by Gasteiger charge is 2.20. The van der Waals surface area contributed by atoms with Crippen LogP contribution in [0.3, 0.4) is 0 Å². The fraction of sp³-hybridized carbons (Fsp3) is 0.417. The molecule has 6 nitrogen and oxygen atoms in total. The van der Waals surface area contributed by atoms with Gasteiger partial charge in [-0.2, -0.15) is 10.2 Å². The number of hydrogen-bond acceptors (Lipinski definition) is 4. The number of hydrogen-bond donors (Lipinski definition) is 0. The Kier molecular flexibility index (Phi) is 4.21. The fourth-order valence-electron chi connectivity index (χ4n) is 1.73. The van der Waals surface area contributed by atoms with Gasteiger partial charge in [0.15, 0.2) is 0 Å². The summed E-state index contributed by atoms with van der Waals surface area (Å²) in [5.74, 6) is -0.450. The summed E-state index contributed by atoms with van der Waals surface area (Å²) in [4.78, 5) is 12.0. The summed E-state index contributed by atoms with van der Waals surface area (Å²) in [7, 11) is 0. The van der Waals surface area contributed by atoms with Crippen molar-refractivity contribution in [1.29, 1.82) is 0 Å². The average molecular weight is 283 g/mol. The molecule has 0 bridgehead atoms. The third-order valence-electron chi connectivity index (χ3n) is 2.68. The van der Waals surface area contributed by atoms with Crippen molar-refractivity contribution in [2.24, 2.45) is 0 Å². The van der Waals surface area contributed by atoms with Gasteiger partial charge in [0.1, 0.15) is 17.3 Å². The molecule has 19 heavy (non-hydrogen) atoms. The number of aryl methyl sites for hydroxylation is 2. The molecule has 0 amide bonds. The third kappa shape index (κ3) is 2.96. The summed E-state index contributed by atoms with van der Waals surface area (Å²) >= 11 is 6.09. The largest absolute Gasteiger partial charge is 0.460 e. The van der Waals surface area contributed by atoms with Crippen molar-refractivity contribution in [1.82, 2.24) is 19.6 Å². The molecule has 0 spiro atoms. The molecule has 0 N–H and O–H groups in total. The van der Waals surface area contributed by atoms with E-state index in [-0.39, 0.29) is 6.61 Å². The van der Waals surface area contributed by atoms with Crippen molar-refractivity contribution in [3.05, 3.63) is 34.9 Å². The van der Waals surface area contributed by atoms with Gasteiger partial charge in [0.2, 0.25) is 0 Å². The van der Waals surface area contributed by atoms with Crippen molar-refractivity contribution in [3.63, 3.8) is 0 Å². The van der Waals surface area contributed by atoms with E-state index in [9.17, 15) is 4.79 Å². The Hall–Kier alpha value is -1.82. The highest BCUT2D eigenvalue weighted by Crippen LogP contribution is 2.20. The summed E-state index contributed by atoms with van der Waals surface area (Å²) in [6.45, 7) is 5.01. The molecule has 0 fully saturated rings. The zero-order chi connectivity index (χ0) is 13.8. The summed E-state index contributed by atoms with van der Waals surface area (Å²) < 4.78 is 8.45. The first-order valence-electron chi connectivity index (χ1n) is 6.01. The molecule has 0 unspecified atom stereocenters. The molecule has 0 aliphatic carbocycles. The van der Waals surface area contributed by atoms with Gasteiger partial charge in [-0.1, -0.05) is 11.6 Å². The minimum Gasteiger partial charge on any atom is -0.460 e. The summed E-state index contributed by atoms with van der Waals surface area (Å²) in [6, 6.07) is 1.81. The molecule has 2 aromatic heterocycles. The first kappa shape index (κ1) is 13.6. The second-order valence-corrected chi connectivity index (χ2v) is 4.33. The number of carbonyl (C=O) groups is 1. The molecule has 0 aliphatic rings. The summed E-state index contributed by atoms with van der Waals surface area (Å²) in [6.07, 6.45) is 3.48. The van der Waals surface area contributed by atoms with Crippen molar-refractivity contribution in [3.8, 4) is 0 Å². The number of halogens is 1. The monoisotopic (exact) mass is 282 g/mol. The fourth-order valence-corrected chi connectivity index (χ4v) is 2.10. The Labute approximate surface area is 115 Å². The number of ether oxygens (including phenoxy) is 1. The van der Waals surface area contributed by atoms with Gasteiger partial charge >= 0.3 is 5.97 Å². The quantitative estimate of drug-likeness (QED) is 0.786. The summed E-state index contributed by atoms with van der Waals surface area (Å²) in [5.41, 5.74) is 0.917. The second-order valence-electron chi connectivity index (χ2n) is 3.97. The highest BCUT2D eigenvalue weighted by atomic mass is 35.5. The van der Waals surface area contributed by atoms with Crippen LogP contribution < -0.4 is 0 Å². The SMILES string of the molecule is CCn1nc(C)c(C(=O)OCCn2cccn2)c1Cl. The lowest BCUT2D eigenvalue weighted by Gasteiger charge is -2.05. The predicted octanol–water partition coefficient (Wildman–Crippen LogP) is 1.92. The first-order valence-corrected chi connectivity index (χ1v) is 6.38. The zero-order valence-electron chi connectivity index (χ0n) is 10.8. The van der Waals surface area contributed by atoms with E-state index in [2.05, 4.69) is 10.2 Å². The molecule has 0 aromatic carbocycles. The Morgan fingerprint density at radius 3 is 2.89 bits per heavy atom. The Bertz CT molecular complexity index is 563. The molecule has 2 aromatic rings. The van der Waals surface area contributed by atoms with Crippen LogP contribution in [0.4, 0.5) is 0 Å². The molecule has 7 heteroatoms. The van der Waals surface area contributed by atoms with E-state index in [1.165, 1.54) is 0 Å². The van der Waals surface area contributed by atoms with E-state index < -0.39 is 5.97 Å². The molecule has 0 saturated carbocycles. The second kappa shape index (κ2) is 5.88. The lowest BCUT2D eigenvalue weighted by atomic mass is 10.3. The molecule has 0 aliphatic heterocycles. The topological polar surface area (TPSA) is 61.9 Å². The number of esters is 1. The van der Waals surface area contributed by atoms with E-state index in [4.69, 9.17) is 16.3 Å². The molecule has 0 atom stereocenters. The molecule has 2 rings (SSSR count). The van der Waals surface area contributed by atoms with Gasteiger partial charge in [-0.05, 0) is 19.9 Å². The maximum atomic E-state index is 12.0. The van der Waals surface area contributed by atoms with Crippen molar-refractivity contribution in [2.75, 3.05) is 6.61 Å². The van der Waals surface area contributed by atoms with Crippen LogP contribution in [0.5, 0.6) is 0 Å². The van der Waals surface area contributed by atoms with E-state index in [0.717, 1.165) is 0 Å². The smallest absolute Gasteiger partial charge is 0.343 e. The minimum absolute atomic E-state index is 0.244. The van der Waals surface area contributed by atoms with Crippen molar-refractivity contribution >= 4 is 17.6 Å². The van der Waals surface area contributed by atoms with E-state index >= 15 is 0 Å². The maximum absolute atomic E-state index is 12.0. The normalized spacial score (nSPS) is 10.7. The van der Waals surface area contributed by atoms with Gasteiger partial charge in [0.25, 0.3) is 0 Å². The van der Waals surface area contributed by atoms with Crippen LogP contribution >= 0.6 is 11.6 Å². The van der Waals surface area contributed by atoms with E-state index in [0.29, 0.717) is 29.5 Å². The predicted molar refractivity (Wildman–Crippen MR) is 70.2 cm³/mol. The van der Waals surface area contributed by atoms with Crippen LogP contribution in [-0.4, -0.2) is 32.1 Å². The first-order chi connectivity index (χ1) is 9.13. The zero-order valence-corrected chi connectivity index (χ0v) is 11.6. The number of rotatable bonds is 5. The van der Waals surface area contributed by atoms with Gasteiger partial charge in [0, 0.05) is 18.9 Å². The van der Waals surface area contributed by atoms with Crippen LogP contribution in [0.25, 0.3) is 0 Å². The molecular formula is C12H15ClN4O2. The molecule has 0 saturated heterocycles. The summed E-state index contributed by atoms with van der Waals surface area (Å²) in [5, 5.41) is 8.52. The molecular weight excluding hydrogens is 268 g/mol. The van der Waals surface area contributed by atoms with Crippen LogP contribution in [-0.2, 0) is 17.8 Å². The number of nitrogens with zero attached hydrogens (tertiary/aromatic N) is 4. The van der Waals surface area contributed by atoms with Crippen LogP contribution in [0.1, 0.15) is 23.0 Å². The average Bonchev–Trinajstić information content (AvgIpc) is 2.97. The number of carbonyl (C=O) groups excluding carboxylic acids is 1. The maximum Gasteiger partial charge on any atom is 0.343 e. The Morgan fingerprint density at radius 1 is 1.53 bits per heavy atom. The van der Waals surface area contributed by atoms with Gasteiger partial charge in [-0.15, -0.1) is 0 Å². The van der Waals surface area contributed by atoms with Crippen molar-refractivity contribution in [2.45, 2.75) is 26.9 Å². The van der Waals surface area contributed by atoms with Crippen molar-refractivity contribution < 1.29 is 9.53 Å². The number of aromatic nitrogens is 4. The van der Waals surface area contributed by atoms with E-state index in [1.54, 1.807) is 28.7 Å². The van der Waals surface area contributed by atoms with E-state index in [1.807, 2.05) is 13.0 Å². The Morgan fingerprint density at radius 2 is 2.32 bits per heavy atom. The minimum atomic E-state index is -0.450. The van der Waals surface area contributed by atoms with Crippen LogP contribution in [0.15, 0.2) is 18.5 Å². The van der Waals surface area contributed by atoms with Crippen LogP contribution in [0.2, 0.25) is 5.15 Å².